The third kappa shape index (κ3) is 3.21. The summed E-state index contributed by atoms with van der Waals surface area (Å²) in [7, 11) is 1.55. The minimum absolute atomic E-state index is 0.0408. The summed E-state index contributed by atoms with van der Waals surface area (Å²) in [5, 5.41) is 15.1. The fourth-order valence-corrected chi connectivity index (χ4v) is 5.89. The predicted octanol–water partition coefficient (Wildman–Crippen LogP) is -2.06. The quantitative estimate of drug-likeness (QED) is 0.430. The van der Waals surface area contributed by atoms with E-state index in [1.807, 2.05) is 6.92 Å². The summed E-state index contributed by atoms with van der Waals surface area (Å²) in [5.74, 6) is -2.16. The molecule has 10 heteroatoms. The van der Waals surface area contributed by atoms with Crippen molar-refractivity contribution < 1.29 is 29.0 Å². The zero-order valence-electron chi connectivity index (χ0n) is 17.7. The molecule has 0 aliphatic carbocycles. The average molecular weight is 424 g/mol. The zero-order valence-corrected chi connectivity index (χ0v) is 17.7. The van der Waals surface area contributed by atoms with E-state index in [4.69, 9.17) is 9.47 Å². The number of carbonyl (C=O) groups excluding carboxylic acids is 3. The average Bonchev–Trinajstić information content (AvgIpc) is 3.30. The second-order valence-electron chi connectivity index (χ2n) is 8.84. The molecular weight excluding hydrogens is 392 g/mol. The Morgan fingerprint density at radius 1 is 1.20 bits per heavy atom. The number of rotatable bonds is 7. The molecule has 2 unspecified atom stereocenters. The molecule has 4 aliphatic heterocycles. The molecule has 30 heavy (non-hydrogen) atoms. The van der Waals surface area contributed by atoms with Gasteiger partial charge in [-0.05, 0) is 19.8 Å². The Kier molecular flexibility index (Phi) is 5.78. The van der Waals surface area contributed by atoms with Gasteiger partial charge in [-0.1, -0.05) is 0 Å². The molecule has 5 atom stereocenters. The SMILES string of the molecule is CNC(=O)[C@H]1[C@H]2C(=O)N(CCO)C(C(=O)NCCN3CCOCC3)C23CC[C@]1(C)O3. The van der Waals surface area contributed by atoms with Crippen LogP contribution in [0.1, 0.15) is 19.8 Å². The fourth-order valence-electron chi connectivity index (χ4n) is 5.89. The van der Waals surface area contributed by atoms with Crippen LogP contribution in [0.25, 0.3) is 0 Å². The van der Waals surface area contributed by atoms with E-state index in [2.05, 4.69) is 15.5 Å². The molecule has 0 radical (unpaired) electrons. The van der Waals surface area contributed by atoms with Gasteiger partial charge in [0, 0.05) is 39.8 Å². The van der Waals surface area contributed by atoms with Crippen LogP contribution in [-0.4, -0.2) is 109 Å². The number of aliphatic hydroxyl groups excluding tert-OH is 1. The molecule has 168 valence electrons. The lowest BCUT2D eigenvalue weighted by Gasteiger charge is -2.33. The van der Waals surface area contributed by atoms with Gasteiger partial charge in [-0.2, -0.15) is 0 Å². The Bertz CT molecular complexity index is 713. The topological polar surface area (TPSA) is 120 Å². The number of ether oxygens (including phenoxy) is 2. The Hall–Kier alpha value is -1.75. The number of hydrogen-bond acceptors (Lipinski definition) is 7. The Labute approximate surface area is 176 Å². The number of nitrogens with zero attached hydrogens (tertiary/aromatic N) is 2. The first-order valence-corrected chi connectivity index (χ1v) is 10.8. The van der Waals surface area contributed by atoms with E-state index in [9.17, 15) is 19.5 Å². The summed E-state index contributed by atoms with van der Waals surface area (Å²) in [6.07, 6.45) is 1.15. The van der Waals surface area contributed by atoms with Gasteiger partial charge in [0.2, 0.25) is 17.7 Å². The molecule has 0 aromatic heterocycles. The highest BCUT2D eigenvalue weighted by Gasteiger charge is 2.77. The van der Waals surface area contributed by atoms with Gasteiger partial charge < -0.3 is 30.1 Å². The van der Waals surface area contributed by atoms with Gasteiger partial charge in [0.25, 0.3) is 0 Å². The van der Waals surface area contributed by atoms with Crippen molar-refractivity contribution in [2.45, 2.75) is 37.0 Å². The van der Waals surface area contributed by atoms with Crippen LogP contribution in [0.15, 0.2) is 0 Å². The molecule has 3 N–H and O–H groups in total. The van der Waals surface area contributed by atoms with Crippen LogP contribution < -0.4 is 10.6 Å². The zero-order chi connectivity index (χ0) is 21.5. The predicted molar refractivity (Wildman–Crippen MR) is 105 cm³/mol. The van der Waals surface area contributed by atoms with Crippen molar-refractivity contribution in [1.82, 2.24) is 20.4 Å². The van der Waals surface area contributed by atoms with E-state index >= 15 is 0 Å². The molecule has 4 saturated heterocycles. The van der Waals surface area contributed by atoms with Gasteiger partial charge >= 0.3 is 0 Å². The maximum Gasteiger partial charge on any atom is 0.245 e. The van der Waals surface area contributed by atoms with Crippen LogP contribution in [0.4, 0.5) is 0 Å². The number of morpholine rings is 1. The number of β-amino-alcohol motifs (C(OH)–C–C–N with tert-alkyl or cyclic N) is 1. The first-order valence-electron chi connectivity index (χ1n) is 10.8. The van der Waals surface area contributed by atoms with Crippen molar-refractivity contribution in [2.24, 2.45) is 11.8 Å². The Morgan fingerprint density at radius 2 is 1.93 bits per heavy atom. The molecule has 1 spiro atoms. The minimum atomic E-state index is -1.03. The van der Waals surface area contributed by atoms with Crippen molar-refractivity contribution >= 4 is 17.7 Å². The molecule has 4 fully saturated rings. The lowest BCUT2D eigenvalue weighted by molar-refractivity contribution is -0.146. The van der Waals surface area contributed by atoms with Gasteiger partial charge in [-0.3, -0.25) is 19.3 Å². The number of fused-ring (bicyclic) bond motifs is 1. The van der Waals surface area contributed by atoms with Crippen LogP contribution in [0.5, 0.6) is 0 Å². The van der Waals surface area contributed by atoms with Crippen LogP contribution in [0.3, 0.4) is 0 Å². The van der Waals surface area contributed by atoms with Gasteiger partial charge in [-0.15, -0.1) is 0 Å². The number of carbonyl (C=O) groups is 3. The third-order valence-corrected chi connectivity index (χ3v) is 7.23. The van der Waals surface area contributed by atoms with Crippen molar-refractivity contribution in [3.63, 3.8) is 0 Å². The number of likely N-dealkylation sites (tertiary alicyclic amines) is 1. The summed E-state index contributed by atoms with van der Waals surface area (Å²) in [4.78, 5) is 42.9. The van der Waals surface area contributed by atoms with Gasteiger partial charge in [-0.25, -0.2) is 0 Å². The van der Waals surface area contributed by atoms with E-state index in [0.717, 1.165) is 13.1 Å². The largest absolute Gasteiger partial charge is 0.395 e. The van der Waals surface area contributed by atoms with Gasteiger partial charge in [0.05, 0.1) is 37.3 Å². The smallest absolute Gasteiger partial charge is 0.245 e. The molecular formula is C20H32N4O6. The standard InChI is InChI=1S/C20H32N4O6/c1-19-3-4-20(30-19)14(13(19)16(26)21-2)18(28)24(7-10-25)15(20)17(27)22-5-6-23-8-11-29-12-9-23/h13-15,25H,3-12H2,1-2H3,(H,21,26)(H,22,27)/t13-,14+,15?,19+,20?/m1/s1. The Morgan fingerprint density at radius 3 is 2.60 bits per heavy atom. The van der Waals surface area contributed by atoms with Gasteiger partial charge in [0.15, 0.2) is 0 Å². The molecule has 4 aliphatic rings. The van der Waals surface area contributed by atoms with Crippen LogP contribution in [-0.2, 0) is 23.9 Å². The maximum absolute atomic E-state index is 13.3. The third-order valence-electron chi connectivity index (χ3n) is 7.23. The Balaban J connectivity index is 1.54. The normalized spacial score (nSPS) is 38.0. The summed E-state index contributed by atoms with van der Waals surface area (Å²) >= 11 is 0. The molecule has 10 nitrogen and oxygen atoms in total. The van der Waals surface area contributed by atoms with E-state index in [1.165, 1.54) is 4.90 Å². The summed E-state index contributed by atoms with van der Waals surface area (Å²) in [5.41, 5.74) is -1.79. The van der Waals surface area contributed by atoms with Crippen molar-refractivity contribution in [2.75, 3.05) is 59.6 Å². The van der Waals surface area contributed by atoms with E-state index in [0.29, 0.717) is 39.1 Å². The number of hydrogen-bond donors (Lipinski definition) is 3. The van der Waals surface area contributed by atoms with E-state index in [-0.39, 0.29) is 30.9 Å². The second-order valence-corrected chi connectivity index (χ2v) is 8.84. The lowest BCUT2D eigenvalue weighted by atomic mass is 9.66. The van der Waals surface area contributed by atoms with E-state index < -0.39 is 29.1 Å². The lowest BCUT2D eigenvalue weighted by Crippen LogP contribution is -2.56. The number of nitrogens with one attached hydrogen (secondary N) is 2. The maximum atomic E-state index is 13.3. The van der Waals surface area contributed by atoms with Crippen molar-refractivity contribution in [3.05, 3.63) is 0 Å². The molecule has 4 heterocycles. The first kappa shape index (κ1) is 21.5. The molecule has 2 bridgehead atoms. The molecule has 4 rings (SSSR count). The highest BCUT2D eigenvalue weighted by molar-refractivity contribution is 5.99. The highest BCUT2D eigenvalue weighted by Crippen LogP contribution is 2.62. The molecule has 3 amide bonds. The van der Waals surface area contributed by atoms with Crippen molar-refractivity contribution in [3.8, 4) is 0 Å². The number of amides is 3. The van der Waals surface area contributed by atoms with Crippen LogP contribution >= 0.6 is 0 Å². The van der Waals surface area contributed by atoms with E-state index in [1.54, 1.807) is 7.05 Å². The molecule has 0 aromatic rings. The monoisotopic (exact) mass is 424 g/mol. The second kappa shape index (κ2) is 8.07. The highest BCUT2D eigenvalue weighted by atomic mass is 16.5. The summed E-state index contributed by atoms with van der Waals surface area (Å²) in [6.45, 7) is 5.83. The number of aliphatic hydroxyl groups is 1. The molecule has 0 aromatic carbocycles. The summed E-state index contributed by atoms with van der Waals surface area (Å²) in [6, 6.07) is -0.844. The van der Waals surface area contributed by atoms with Crippen molar-refractivity contribution in [1.29, 1.82) is 0 Å². The minimum Gasteiger partial charge on any atom is -0.395 e. The first-order chi connectivity index (χ1) is 14.4. The van der Waals surface area contributed by atoms with Gasteiger partial charge in [0.1, 0.15) is 11.6 Å². The molecule has 0 saturated carbocycles. The van der Waals surface area contributed by atoms with Crippen LogP contribution in [0.2, 0.25) is 0 Å². The van der Waals surface area contributed by atoms with Crippen LogP contribution in [0, 0.1) is 11.8 Å². The fraction of sp³-hybridized carbons (Fsp3) is 0.850. The summed E-state index contributed by atoms with van der Waals surface area (Å²) < 4.78 is 11.7.